The number of rotatable bonds is 5. The molecule has 0 saturated heterocycles. The Labute approximate surface area is 320 Å². The average Bonchev–Trinajstić information content (AvgIpc) is 3.73. The number of hydrogen-bond acceptors (Lipinski definition) is 2. The first-order valence-corrected chi connectivity index (χ1v) is 19.1. The van der Waals surface area contributed by atoms with Gasteiger partial charge in [0.15, 0.2) is 0 Å². The van der Waals surface area contributed by atoms with Crippen LogP contribution in [0.1, 0.15) is 25.0 Å². The zero-order valence-corrected chi connectivity index (χ0v) is 30.8. The molecule has 2 nitrogen and oxygen atoms in total. The van der Waals surface area contributed by atoms with Gasteiger partial charge in [0, 0.05) is 33.1 Å². The molecule has 0 unspecified atom stereocenters. The van der Waals surface area contributed by atoms with Gasteiger partial charge in [-0.25, -0.2) is 0 Å². The van der Waals surface area contributed by atoms with Crippen LogP contribution in [0.4, 0.5) is 17.1 Å². The number of hydrogen-bond donors (Lipinski definition) is 0. The van der Waals surface area contributed by atoms with Gasteiger partial charge < -0.3 is 9.32 Å². The molecule has 0 N–H and O–H groups in total. The van der Waals surface area contributed by atoms with Crippen LogP contribution in [0.3, 0.4) is 0 Å². The summed E-state index contributed by atoms with van der Waals surface area (Å²) in [4.78, 5) is 2.45. The largest absolute Gasteiger partial charge is 0.456 e. The van der Waals surface area contributed by atoms with E-state index in [0.717, 1.165) is 44.7 Å². The third-order valence-electron chi connectivity index (χ3n) is 11.9. The van der Waals surface area contributed by atoms with Gasteiger partial charge >= 0.3 is 0 Å². The summed E-state index contributed by atoms with van der Waals surface area (Å²) in [5.74, 6) is 0. The molecule has 0 spiro atoms. The summed E-state index contributed by atoms with van der Waals surface area (Å²) in [6.45, 7) is 4.71. The van der Waals surface area contributed by atoms with E-state index < -0.39 is 0 Å². The molecule has 0 atom stereocenters. The number of para-hydroxylation sites is 2. The molecule has 0 bridgehead atoms. The Bertz CT molecular complexity index is 3120. The summed E-state index contributed by atoms with van der Waals surface area (Å²) in [5.41, 5.74) is 15.1. The molecular weight excluding hydrogens is 667 g/mol. The number of anilines is 3. The molecule has 0 fully saturated rings. The molecule has 260 valence electrons. The van der Waals surface area contributed by atoms with Crippen molar-refractivity contribution in [2.24, 2.45) is 0 Å². The van der Waals surface area contributed by atoms with E-state index in [1.165, 1.54) is 60.3 Å². The van der Waals surface area contributed by atoms with Crippen molar-refractivity contribution in [2.45, 2.75) is 19.3 Å². The highest BCUT2D eigenvalue weighted by atomic mass is 16.3. The van der Waals surface area contributed by atoms with E-state index in [0.29, 0.717) is 0 Å². The molecule has 1 aromatic heterocycles. The fraction of sp³-hybridized carbons (Fsp3) is 0.0566. The summed E-state index contributed by atoms with van der Waals surface area (Å²) in [6, 6.07) is 68.4. The molecule has 10 aromatic rings. The number of furan rings is 1. The van der Waals surface area contributed by atoms with E-state index in [4.69, 9.17) is 4.42 Å². The Morgan fingerprint density at radius 3 is 1.87 bits per heavy atom. The van der Waals surface area contributed by atoms with Crippen LogP contribution in [0.15, 0.2) is 192 Å². The summed E-state index contributed by atoms with van der Waals surface area (Å²) in [7, 11) is 0. The summed E-state index contributed by atoms with van der Waals surface area (Å²) < 4.78 is 6.45. The smallest absolute Gasteiger partial charge is 0.136 e. The minimum Gasteiger partial charge on any atom is -0.456 e. The van der Waals surface area contributed by atoms with Crippen LogP contribution in [0, 0.1) is 0 Å². The van der Waals surface area contributed by atoms with Gasteiger partial charge in [-0.15, -0.1) is 0 Å². The first kappa shape index (κ1) is 31.6. The Hall–Kier alpha value is -6.90. The van der Waals surface area contributed by atoms with Crippen molar-refractivity contribution in [3.8, 4) is 33.4 Å². The predicted octanol–water partition coefficient (Wildman–Crippen LogP) is 15.0. The molecular formula is C53H37NO. The Kier molecular flexibility index (Phi) is 6.93. The van der Waals surface area contributed by atoms with Crippen LogP contribution in [-0.4, -0.2) is 0 Å². The SMILES string of the molecule is CC1(C)c2ccccc2-c2ccc(N(c3ccc(-c4cc5oc6ccccc6c5c5ccccc45)cc3)c3ccccc3-c3cccc4ccccc34)cc21. The molecule has 1 aliphatic rings. The number of nitrogens with zero attached hydrogens (tertiary/aromatic N) is 1. The number of benzene rings is 9. The van der Waals surface area contributed by atoms with Crippen LogP contribution >= 0.6 is 0 Å². The fourth-order valence-corrected chi connectivity index (χ4v) is 9.23. The van der Waals surface area contributed by atoms with Crippen molar-refractivity contribution in [1.29, 1.82) is 0 Å². The highest BCUT2D eigenvalue weighted by Crippen LogP contribution is 2.51. The molecule has 0 amide bonds. The van der Waals surface area contributed by atoms with Crippen LogP contribution in [0.25, 0.3) is 76.9 Å². The quantitative estimate of drug-likeness (QED) is 0.177. The predicted molar refractivity (Wildman–Crippen MR) is 232 cm³/mol. The van der Waals surface area contributed by atoms with Gasteiger partial charge in [-0.05, 0) is 103 Å². The fourth-order valence-electron chi connectivity index (χ4n) is 9.23. The maximum absolute atomic E-state index is 6.45. The highest BCUT2D eigenvalue weighted by Gasteiger charge is 2.36. The molecule has 55 heavy (non-hydrogen) atoms. The van der Waals surface area contributed by atoms with E-state index in [2.05, 4.69) is 201 Å². The second-order valence-corrected chi connectivity index (χ2v) is 15.3. The molecule has 9 aromatic carbocycles. The third kappa shape index (κ3) is 4.81. The van der Waals surface area contributed by atoms with E-state index in [9.17, 15) is 0 Å². The molecule has 2 heteroatoms. The van der Waals surface area contributed by atoms with Crippen molar-refractivity contribution in [3.05, 3.63) is 199 Å². The Morgan fingerprint density at radius 2 is 1.02 bits per heavy atom. The molecule has 1 heterocycles. The van der Waals surface area contributed by atoms with Crippen molar-refractivity contribution in [3.63, 3.8) is 0 Å². The summed E-state index contributed by atoms with van der Waals surface area (Å²) >= 11 is 0. The third-order valence-corrected chi connectivity index (χ3v) is 11.9. The topological polar surface area (TPSA) is 16.4 Å². The van der Waals surface area contributed by atoms with E-state index in [1.807, 2.05) is 6.07 Å². The number of fused-ring (bicyclic) bond motifs is 9. The second kappa shape index (κ2) is 12.1. The average molecular weight is 704 g/mol. The lowest BCUT2D eigenvalue weighted by molar-refractivity contribution is 0.660. The van der Waals surface area contributed by atoms with Gasteiger partial charge in [-0.3, -0.25) is 0 Å². The first-order valence-electron chi connectivity index (χ1n) is 19.1. The van der Waals surface area contributed by atoms with Crippen LogP contribution < -0.4 is 4.90 Å². The lowest BCUT2D eigenvalue weighted by Gasteiger charge is -2.30. The van der Waals surface area contributed by atoms with Crippen molar-refractivity contribution in [1.82, 2.24) is 0 Å². The molecule has 0 radical (unpaired) electrons. The second-order valence-electron chi connectivity index (χ2n) is 15.3. The Balaban J connectivity index is 1.11. The molecule has 0 aliphatic heterocycles. The van der Waals surface area contributed by atoms with Gasteiger partial charge in [0.1, 0.15) is 11.2 Å². The Morgan fingerprint density at radius 1 is 0.400 bits per heavy atom. The van der Waals surface area contributed by atoms with Gasteiger partial charge in [-0.1, -0.05) is 159 Å². The van der Waals surface area contributed by atoms with Gasteiger partial charge in [-0.2, -0.15) is 0 Å². The monoisotopic (exact) mass is 703 g/mol. The maximum atomic E-state index is 6.45. The summed E-state index contributed by atoms with van der Waals surface area (Å²) in [6.07, 6.45) is 0. The standard InChI is InChI=1S/C53H37NO/c1-53(2)47-23-10-7-18-41(47)42-31-30-37(32-48(42)53)54(49-24-11-8-19-43(49)39-22-13-15-34-14-3-4-16-38(34)39)36-28-26-35(27-29-36)46-33-51-52(44-20-6-5-17-40(44)46)45-21-9-12-25-50(45)55-51/h3-33H,1-2H3. The highest BCUT2D eigenvalue weighted by molar-refractivity contribution is 6.22. The normalized spacial score (nSPS) is 13.1. The van der Waals surface area contributed by atoms with Gasteiger partial charge in [0.05, 0.1) is 5.69 Å². The van der Waals surface area contributed by atoms with E-state index in [-0.39, 0.29) is 5.41 Å². The maximum Gasteiger partial charge on any atom is 0.136 e. The molecule has 11 rings (SSSR count). The van der Waals surface area contributed by atoms with Crippen molar-refractivity contribution in [2.75, 3.05) is 4.90 Å². The molecule has 1 aliphatic carbocycles. The summed E-state index contributed by atoms with van der Waals surface area (Å²) in [5, 5.41) is 7.22. The lowest BCUT2D eigenvalue weighted by atomic mass is 9.82. The zero-order valence-electron chi connectivity index (χ0n) is 30.8. The minimum atomic E-state index is -0.122. The molecule has 0 saturated carbocycles. The van der Waals surface area contributed by atoms with Crippen molar-refractivity contribution < 1.29 is 4.42 Å². The van der Waals surface area contributed by atoms with Crippen LogP contribution in [0.5, 0.6) is 0 Å². The van der Waals surface area contributed by atoms with Crippen LogP contribution in [0.2, 0.25) is 0 Å². The van der Waals surface area contributed by atoms with Crippen molar-refractivity contribution >= 4 is 60.5 Å². The van der Waals surface area contributed by atoms with Gasteiger partial charge in [0.2, 0.25) is 0 Å². The zero-order chi connectivity index (χ0) is 36.7. The minimum absolute atomic E-state index is 0.122. The first-order chi connectivity index (χ1) is 27.0. The van der Waals surface area contributed by atoms with E-state index in [1.54, 1.807) is 0 Å². The van der Waals surface area contributed by atoms with Crippen LogP contribution in [-0.2, 0) is 5.41 Å². The van der Waals surface area contributed by atoms with E-state index >= 15 is 0 Å². The van der Waals surface area contributed by atoms with Gasteiger partial charge in [0.25, 0.3) is 0 Å². The lowest BCUT2D eigenvalue weighted by Crippen LogP contribution is -2.16.